The first-order valence-corrected chi connectivity index (χ1v) is 15.2. The fourth-order valence-electron chi connectivity index (χ4n) is 7.71. The highest BCUT2D eigenvalue weighted by atomic mass is 16.7. The molecule has 14 heteroatoms. The van der Waals surface area contributed by atoms with E-state index < -0.39 is 89.5 Å². The number of aliphatic hydroxyl groups is 2. The third-order valence-electron chi connectivity index (χ3n) is 9.90. The number of fused-ring (bicyclic) bond motifs is 6. The third-order valence-corrected chi connectivity index (χ3v) is 9.90. The zero-order valence-electron chi connectivity index (χ0n) is 25.5. The topological polar surface area (TPSA) is 198 Å². The second-order valence-corrected chi connectivity index (χ2v) is 12.3. The summed E-state index contributed by atoms with van der Waals surface area (Å²) in [6.45, 7) is 2.09. The van der Waals surface area contributed by atoms with Crippen molar-refractivity contribution in [1.29, 1.82) is 5.41 Å². The maximum atomic E-state index is 13.9. The first kappa shape index (κ1) is 31.1. The minimum Gasteiger partial charge on any atom is -0.507 e. The van der Waals surface area contributed by atoms with E-state index in [1.807, 2.05) is 6.92 Å². The number of aliphatic hydroxyl groups excluding tert-OH is 1. The number of methoxy groups -OCH3 is 2. The summed E-state index contributed by atoms with van der Waals surface area (Å²) in [4.78, 5) is 29.8. The van der Waals surface area contributed by atoms with Crippen LogP contribution in [0.5, 0.6) is 17.2 Å². The van der Waals surface area contributed by atoms with Gasteiger partial charge >= 0.3 is 0 Å². The molecule has 0 bridgehead atoms. The van der Waals surface area contributed by atoms with Gasteiger partial charge < -0.3 is 54.3 Å². The average Bonchev–Trinajstić information content (AvgIpc) is 3.43. The molecule has 3 heterocycles. The van der Waals surface area contributed by atoms with Crippen molar-refractivity contribution in [3.63, 3.8) is 0 Å². The van der Waals surface area contributed by atoms with E-state index in [0.29, 0.717) is 19.6 Å². The lowest BCUT2D eigenvalue weighted by atomic mass is 9.71. The standard InChI is InChI=1S/C32H36N2O12/c1-13-29-16(34-7-8-43-31(42-3)30(34)46-29)9-20(44-13)45-18-11-32(40,19(33)12-35)10-15-22(18)28(39)24-23(26(15)37)25(36)14-5-4-6-17(41-2)21(14)27(24)38/h4-6,13,16,18,20,29-31,33,35,37,39-40H,7-12H2,1-3H3/t13-,16-,18-,20-,29+,30+,31-,32-/m0/s1. The van der Waals surface area contributed by atoms with Gasteiger partial charge in [-0.2, -0.15) is 0 Å². The van der Waals surface area contributed by atoms with Gasteiger partial charge in [0, 0.05) is 55.6 Å². The average molecular weight is 641 g/mol. The molecule has 2 aliphatic carbocycles. The maximum Gasteiger partial charge on any atom is 0.202 e. The van der Waals surface area contributed by atoms with Crippen molar-refractivity contribution >= 4 is 17.3 Å². The van der Waals surface area contributed by atoms with Gasteiger partial charge in [0.2, 0.25) is 5.78 Å². The highest BCUT2D eigenvalue weighted by Crippen LogP contribution is 2.53. The van der Waals surface area contributed by atoms with Crippen molar-refractivity contribution in [2.24, 2.45) is 0 Å². The molecule has 7 rings (SSSR count). The van der Waals surface area contributed by atoms with Gasteiger partial charge in [0.15, 0.2) is 24.6 Å². The number of nitrogens with one attached hydrogen (secondary N) is 1. The SMILES string of the molecule is COc1cccc2c1C(=O)c1c(O)c3c(c(O)c1C2=O)C[C@@](O)(C(=N)CO)C[C@@H]3O[C@H]1C[C@H]2[C@H](O[C@@H]3[C@@H](OC)OCCN32)[C@H](C)O1. The normalized spacial score (nSPS) is 33.5. The van der Waals surface area contributed by atoms with E-state index in [1.165, 1.54) is 25.3 Å². The molecule has 246 valence electrons. The van der Waals surface area contributed by atoms with E-state index in [-0.39, 0.29) is 46.6 Å². The first-order chi connectivity index (χ1) is 22.0. The number of hydrogen-bond acceptors (Lipinski definition) is 14. The monoisotopic (exact) mass is 640 g/mol. The van der Waals surface area contributed by atoms with Gasteiger partial charge in [-0.3, -0.25) is 14.5 Å². The lowest BCUT2D eigenvalue weighted by Gasteiger charge is -2.43. The molecule has 3 aliphatic heterocycles. The number of carbonyl (C=O) groups excluding carboxylic acids is 2. The molecule has 0 amide bonds. The second kappa shape index (κ2) is 11.3. The number of carbonyl (C=O) groups is 2. The fourth-order valence-corrected chi connectivity index (χ4v) is 7.71. The number of ketones is 2. The number of phenolic OH excluding ortho intramolecular Hbond substituents is 2. The summed E-state index contributed by atoms with van der Waals surface area (Å²) in [5.41, 5.74) is -3.39. The van der Waals surface area contributed by atoms with Crippen LogP contribution in [0.25, 0.3) is 0 Å². The number of ether oxygens (including phenoxy) is 6. The molecule has 8 atom stereocenters. The predicted molar refractivity (Wildman–Crippen MR) is 156 cm³/mol. The lowest BCUT2D eigenvalue weighted by Crippen LogP contribution is -2.55. The lowest BCUT2D eigenvalue weighted by molar-refractivity contribution is -0.255. The molecule has 5 aliphatic rings. The molecule has 0 aromatic heterocycles. The predicted octanol–water partition coefficient (Wildman–Crippen LogP) is 1.16. The largest absolute Gasteiger partial charge is 0.507 e. The Labute approximate surface area is 263 Å². The summed E-state index contributed by atoms with van der Waals surface area (Å²) in [5.74, 6) is -2.50. The van der Waals surface area contributed by atoms with Crippen molar-refractivity contribution in [2.75, 3.05) is 34.0 Å². The van der Waals surface area contributed by atoms with Crippen LogP contribution in [-0.2, 0) is 30.1 Å². The van der Waals surface area contributed by atoms with Gasteiger partial charge in [0.25, 0.3) is 0 Å². The minimum atomic E-state index is -2.01. The van der Waals surface area contributed by atoms with E-state index >= 15 is 0 Å². The van der Waals surface area contributed by atoms with Crippen molar-refractivity contribution < 1.29 is 58.4 Å². The summed E-state index contributed by atoms with van der Waals surface area (Å²) in [6, 6.07) is 4.34. The third kappa shape index (κ3) is 4.51. The molecule has 3 saturated heterocycles. The van der Waals surface area contributed by atoms with E-state index in [0.717, 1.165) is 0 Å². The van der Waals surface area contributed by atoms with Crippen LogP contribution in [0.2, 0.25) is 0 Å². The number of benzene rings is 2. The maximum absolute atomic E-state index is 13.9. The number of aromatic hydroxyl groups is 2. The molecule has 0 saturated carbocycles. The smallest absolute Gasteiger partial charge is 0.202 e. The summed E-state index contributed by atoms with van der Waals surface area (Å²) in [6.07, 6.45) is -4.31. The molecule has 0 radical (unpaired) electrons. The molecular formula is C32H36N2O12. The minimum absolute atomic E-state index is 0.00379. The fraction of sp³-hybridized carbons (Fsp3) is 0.531. The molecule has 0 spiro atoms. The van der Waals surface area contributed by atoms with Gasteiger partial charge in [-0.25, -0.2) is 0 Å². The molecule has 2 aromatic carbocycles. The van der Waals surface area contributed by atoms with Crippen LogP contribution in [0.4, 0.5) is 0 Å². The molecule has 5 N–H and O–H groups in total. The van der Waals surface area contributed by atoms with Crippen molar-refractivity contribution in [3.05, 3.63) is 51.6 Å². The van der Waals surface area contributed by atoms with E-state index in [2.05, 4.69) is 4.90 Å². The molecular weight excluding hydrogens is 604 g/mol. The Kier molecular flexibility index (Phi) is 7.68. The Morgan fingerprint density at radius 3 is 2.59 bits per heavy atom. The Hall–Kier alpha value is -3.47. The van der Waals surface area contributed by atoms with Crippen molar-refractivity contribution in [2.45, 2.75) is 74.9 Å². The summed E-state index contributed by atoms with van der Waals surface area (Å²) in [7, 11) is 2.90. The number of nitrogens with zero attached hydrogens (tertiary/aromatic N) is 1. The molecule has 2 aromatic rings. The Bertz CT molecular complexity index is 1630. The number of rotatable bonds is 6. The molecule has 14 nitrogen and oxygen atoms in total. The molecule has 46 heavy (non-hydrogen) atoms. The second-order valence-electron chi connectivity index (χ2n) is 12.3. The number of morpholine rings is 1. The van der Waals surface area contributed by atoms with Crippen LogP contribution in [-0.4, -0.2) is 119 Å². The van der Waals surface area contributed by atoms with Crippen LogP contribution in [0.3, 0.4) is 0 Å². The van der Waals surface area contributed by atoms with Crippen LogP contribution < -0.4 is 4.74 Å². The van der Waals surface area contributed by atoms with Crippen molar-refractivity contribution in [1.82, 2.24) is 4.90 Å². The number of phenols is 2. The first-order valence-electron chi connectivity index (χ1n) is 15.2. The highest BCUT2D eigenvalue weighted by molar-refractivity contribution is 6.31. The summed E-state index contributed by atoms with van der Waals surface area (Å²) < 4.78 is 35.5. The Morgan fingerprint density at radius 2 is 1.87 bits per heavy atom. The Morgan fingerprint density at radius 1 is 1.11 bits per heavy atom. The van der Waals surface area contributed by atoms with Gasteiger partial charge in [0.1, 0.15) is 29.0 Å². The molecule has 3 fully saturated rings. The van der Waals surface area contributed by atoms with Gasteiger partial charge in [-0.1, -0.05) is 12.1 Å². The Balaban J connectivity index is 1.30. The van der Waals surface area contributed by atoms with Gasteiger partial charge in [-0.15, -0.1) is 0 Å². The van der Waals surface area contributed by atoms with Crippen LogP contribution in [0.1, 0.15) is 68.8 Å². The van der Waals surface area contributed by atoms with E-state index in [4.69, 9.17) is 33.8 Å². The van der Waals surface area contributed by atoms with Gasteiger partial charge in [-0.05, 0) is 13.0 Å². The van der Waals surface area contributed by atoms with E-state index in [1.54, 1.807) is 7.11 Å². The number of hydrogen-bond donors (Lipinski definition) is 5. The van der Waals surface area contributed by atoms with Crippen LogP contribution >= 0.6 is 0 Å². The van der Waals surface area contributed by atoms with Gasteiger partial charge in [0.05, 0.1) is 54.9 Å². The summed E-state index contributed by atoms with van der Waals surface area (Å²) in [5, 5.41) is 53.2. The van der Waals surface area contributed by atoms with Crippen LogP contribution in [0.15, 0.2) is 18.2 Å². The summed E-state index contributed by atoms with van der Waals surface area (Å²) >= 11 is 0. The van der Waals surface area contributed by atoms with E-state index in [9.17, 15) is 30.0 Å². The van der Waals surface area contributed by atoms with Crippen molar-refractivity contribution in [3.8, 4) is 17.2 Å². The zero-order valence-corrected chi connectivity index (χ0v) is 25.5. The quantitative estimate of drug-likeness (QED) is 0.190. The van der Waals surface area contributed by atoms with Crippen LogP contribution in [0, 0.1) is 5.41 Å². The zero-order chi connectivity index (χ0) is 32.7. The molecule has 0 unspecified atom stereocenters. The highest BCUT2D eigenvalue weighted by Gasteiger charge is 2.55.